The van der Waals surface area contributed by atoms with Crippen molar-refractivity contribution in [2.45, 2.75) is 43.2 Å². The van der Waals surface area contributed by atoms with Gasteiger partial charge < -0.3 is 14.7 Å². The van der Waals surface area contributed by atoms with Crippen LogP contribution in [0, 0.1) is 5.92 Å². The van der Waals surface area contributed by atoms with Crippen LogP contribution in [0.1, 0.15) is 48.0 Å². The number of aliphatic carboxylic acids is 1. The molecule has 2 atom stereocenters. The summed E-state index contributed by atoms with van der Waals surface area (Å²) in [7, 11) is -3.83. The number of amides is 1. The van der Waals surface area contributed by atoms with E-state index in [9.17, 15) is 31.2 Å². The Bertz CT molecular complexity index is 1360. The fraction of sp³-hybridized carbons (Fsp3) is 0.444. The number of esters is 1. The summed E-state index contributed by atoms with van der Waals surface area (Å²) in [4.78, 5) is 36.5. The summed E-state index contributed by atoms with van der Waals surface area (Å²) in [5.41, 5.74) is 1.28. The molecule has 2 heterocycles. The number of alkyl halides is 3. The number of likely N-dealkylation sites (tertiary alicyclic amines) is 1. The molecule has 0 bridgehead atoms. The number of hydrogen-bond acceptors (Lipinski definition) is 7. The van der Waals surface area contributed by atoms with E-state index in [4.69, 9.17) is 26.2 Å². The molecule has 1 N–H and O–H groups in total. The smallest absolute Gasteiger partial charge is 0.475 e. The number of hydrogen-bond donors (Lipinski definition) is 1. The van der Waals surface area contributed by atoms with Crippen molar-refractivity contribution in [2.75, 3.05) is 32.8 Å². The summed E-state index contributed by atoms with van der Waals surface area (Å²) in [5.74, 6) is -3.58. The molecule has 0 unspecified atom stereocenters. The van der Waals surface area contributed by atoms with Crippen LogP contribution in [-0.4, -0.2) is 79.5 Å². The van der Waals surface area contributed by atoms with E-state index in [1.54, 1.807) is 0 Å². The van der Waals surface area contributed by atoms with E-state index in [2.05, 4.69) is 17.0 Å². The van der Waals surface area contributed by atoms with Gasteiger partial charge in [-0.05, 0) is 69.0 Å². The van der Waals surface area contributed by atoms with Crippen molar-refractivity contribution >= 4 is 39.5 Å². The van der Waals surface area contributed by atoms with E-state index in [0.717, 1.165) is 29.4 Å². The maximum Gasteiger partial charge on any atom is 0.490 e. The van der Waals surface area contributed by atoms with E-state index in [0.29, 0.717) is 31.0 Å². The molecular weight excluding hydrogens is 589 g/mol. The molecule has 0 radical (unpaired) electrons. The van der Waals surface area contributed by atoms with Crippen LogP contribution in [0.5, 0.6) is 0 Å². The fourth-order valence-electron chi connectivity index (χ4n) is 4.88. The van der Waals surface area contributed by atoms with Gasteiger partial charge >= 0.3 is 18.1 Å². The third-order valence-corrected chi connectivity index (χ3v) is 8.88. The first-order valence-electron chi connectivity index (χ1n) is 12.9. The Hall–Kier alpha value is -3.16. The standard InChI is InChI=1S/C25H29ClN2O5S.C2HF3O2/c1-2-33-25(30)22-17-27(15-12-20(22)18-8-4-3-5-9-18)13-6-7-14-28-24(29)21-16-19(26)10-11-23(21)34(28,31)32;3-2(4,5)1(6)7/h3-5,8-11,16,20,22H,2,6-7,12-15,17H2,1H3;(H,6,7)/t20-,22+;/m0./s1. The number of sulfonamides is 1. The van der Waals surface area contributed by atoms with Crippen LogP contribution in [-0.2, 0) is 24.3 Å². The molecule has 0 saturated carbocycles. The minimum Gasteiger partial charge on any atom is -0.475 e. The number of benzene rings is 2. The summed E-state index contributed by atoms with van der Waals surface area (Å²) < 4.78 is 63.5. The van der Waals surface area contributed by atoms with Gasteiger partial charge in [-0.25, -0.2) is 17.5 Å². The molecule has 9 nitrogen and oxygen atoms in total. The lowest BCUT2D eigenvalue weighted by molar-refractivity contribution is -0.192. The van der Waals surface area contributed by atoms with Gasteiger partial charge in [0.1, 0.15) is 4.90 Å². The van der Waals surface area contributed by atoms with Crippen molar-refractivity contribution in [3.63, 3.8) is 0 Å². The predicted molar refractivity (Wildman–Crippen MR) is 143 cm³/mol. The summed E-state index contributed by atoms with van der Waals surface area (Å²) in [5, 5.41) is 7.46. The second-order valence-corrected chi connectivity index (χ2v) is 11.8. The maximum atomic E-state index is 12.8. The van der Waals surface area contributed by atoms with E-state index >= 15 is 0 Å². The molecule has 2 aliphatic rings. The molecular formula is C27H30ClF3N2O7S. The quantitative estimate of drug-likeness (QED) is 0.337. The number of carboxylic acid groups (broad SMARTS) is 1. The van der Waals surface area contributed by atoms with Crippen LogP contribution in [0.2, 0.25) is 5.02 Å². The first kappa shape index (κ1) is 32.4. The van der Waals surface area contributed by atoms with Gasteiger partial charge in [0.15, 0.2) is 0 Å². The molecule has 2 aliphatic heterocycles. The lowest BCUT2D eigenvalue weighted by Gasteiger charge is -2.37. The van der Waals surface area contributed by atoms with Crippen molar-refractivity contribution in [3.8, 4) is 0 Å². The summed E-state index contributed by atoms with van der Waals surface area (Å²) in [6, 6.07) is 14.3. The number of unbranched alkanes of at least 4 members (excludes halogenated alkanes) is 1. The predicted octanol–water partition coefficient (Wildman–Crippen LogP) is 4.57. The van der Waals surface area contributed by atoms with Crippen molar-refractivity contribution in [1.82, 2.24) is 9.21 Å². The van der Waals surface area contributed by atoms with Crippen molar-refractivity contribution < 1.29 is 45.8 Å². The Morgan fingerprint density at radius 1 is 1.10 bits per heavy atom. The third kappa shape index (κ3) is 7.98. The van der Waals surface area contributed by atoms with Gasteiger partial charge in [0.25, 0.3) is 15.9 Å². The molecule has 14 heteroatoms. The van der Waals surface area contributed by atoms with E-state index in [1.807, 2.05) is 25.1 Å². The highest BCUT2D eigenvalue weighted by atomic mass is 35.5. The number of ether oxygens (including phenoxy) is 1. The zero-order valence-corrected chi connectivity index (χ0v) is 23.7. The largest absolute Gasteiger partial charge is 0.490 e. The van der Waals surface area contributed by atoms with Crippen LogP contribution in [0.25, 0.3) is 0 Å². The maximum absolute atomic E-state index is 12.8. The average Bonchev–Trinajstić information content (AvgIpc) is 3.10. The topological polar surface area (TPSA) is 121 Å². The average molecular weight is 619 g/mol. The first-order valence-corrected chi connectivity index (χ1v) is 14.7. The van der Waals surface area contributed by atoms with E-state index in [1.165, 1.54) is 18.2 Å². The molecule has 224 valence electrons. The highest BCUT2D eigenvalue weighted by Crippen LogP contribution is 2.35. The van der Waals surface area contributed by atoms with Crippen LogP contribution in [0.15, 0.2) is 53.4 Å². The second-order valence-electron chi connectivity index (χ2n) is 9.50. The Labute approximate surface area is 240 Å². The Morgan fingerprint density at radius 2 is 1.73 bits per heavy atom. The summed E-state index contributed by atoms with van der Waals surface area (Å²) in [6.45, 7) is 4.45. The van der Waals surface area contributed by atoms with Crippen molar-refractivity contribution in [3.05, 3.63) is 64.7 Å². The second kappa shape index (κ2) is 13.7. The molecule has 2 aromatic rings. The minimum atomic E-state index is -5.08. The molecule has 1 fully saturated rings. The number of fused-ring (bicyclic) bond motifs is 1. The van der Waals surface area contributed by atoms with Gasteiger partial charge in [-0.15, -0.1) is 0 Å². The van der Waals surface area contributed by atoms with Crippen LogP contribution >= 0.6 is 11.6 Å². The normalized spacial score (nSPS) is 20.1. The first-order chi connectivity index (χ1) is 19.3. The zero-order chi connectivity index (χ0) is 30.4. The molecule has 41 heavy (non-hydrogen) atoms. The third-order valence-electron chi connectivity index (χ3n) is 6.81. The number of rotatable bonds is 8. The monoisotopic (exact) mass is 618 g/mol. The molecule has 2 aromatic carbocycles. The number of carbonyl (C=O) groups excluding carboxylic acids is 2. The molecule has 0 spiro atoms. The number of nitrogens with zero attached hydrogens (tertiary/aromatic N) is 2. The van der Waals surface area contributed by atoms with Gasteiger partial charge in [0.2, 0.25) is 0 Å². The fourth-order valence-corrected chi connectivity index (χ4v) is 6.64. The molecule has 0 aromatic heterocycles. The summed E-state index contributed by atoms with van der Waals surface area (Å²) >= 11 is 5.94. The van der Waals surface area contributed by atoms with Crippen molar-refractivity contribution in [1.29, 1.82) is 0 Å². The van der Waals surface area contributed by atoms with Gasteiger partial charge in [-0.3, -0.25) is 9.59 Å². The molecule has 1 amide bonds. The highest BCUT2D eigenvalue weighted by Gasteiger charge is 2.41. The Balaban J connectivity index is 0.000000587. The van der Waals surface area contributed by atoms with Gasteiger partial charge in [-0.2, -0.15) is 13.2 Å². The van der Waals surface area contributed by atoms with Crippen LogP contribution in [0.3, 0.4) is 0 Å². The Kier molecular flexibility index (Phi) is 10.8. The van der Waals surface area contributed by atoms with Crippen LogP contribution in [0.4, 0.5) is 13.2 Å². The van der Waals surface area contributed by atoms with Crippen molar-refractivity contribution in [2.24, 2.45) is 5.92 Å². The van der Waals surface area contributed by atoms with E-state index < -0.39 is 28.1 Å². The van der Waals surface area contributed by atoms with Gasteiger partial charge in [-0.1, -0.05) is 41.9 Å². The van der Waals surface area contributed by atoms with Gasteiger partial charge in [0, 0.05) is 18.1 Å². The lowest BCUT2D eigenvalue weighted by Crippen LogP contribution is -2.44. The van der Waals surface area contributed by atoms with Crippen LogP contribution < -0.4 is 0 Å². The Morgan fingerprint density at radius 3 is 2.34 bits per heavy atom. The molecule has 0 aliphatic carbocycles. The lowest BCUT2D eigenvalue weighted by atomic mass is 9.80. The van der Waals surface area contributed by atoms with E-state index in [-0.39, 0.29) is 34.8 Å². The number of carbonyl (C=O) groups is 3. The molecule has 4 rings (SSSR count). The highest BCUT2D eigenvalue weighted by molar-refractivity contribution is 7.90. The minimum absolute atomic E-state index is 0.0159. The summed E-state index contributed by atoms with van der Waals surface area (Å²) in [6.07, 6.45) is -2.99. The SMILES string of the molecule is CCOC(=O)[C@@H]1CN(CCCCN2C(=O)c3cc(Cl)ccc3S2(=O)=O)CC[C@H]1c1ccccc1.O=C(O)C(F)(F)F. The number of carboxylic acids is 1. The molecule has 1 saturated heterocycles. The number of halogens is 4. The number of piperidine rings is 1. The zero-order valence-electron chi connectivity index (χ0n) is 22.1. The van der Waals surface area contributed by atoms with Gasteiger partial charge in [0.05, 0.1) is 18.1 Å².